The Hall–Kier alpha value is -4.09. The van der Waals surface area contributed by atoms with E-state index in [1.807, 2.05) is 15.9 Å². The van der Waals surface area contributed by atoms with Gasteiger partial charge in [-0.05, 0) is 30.3 Å². The SMILES string of the molecule is CC(=O)Nc1cccc(Nc2ncnc(N3CCN(c4ccccc4OC(F)(F)F)CC3)n2)c1. The Morgan fingerprint density at radius 3 is 2.41 bits per heavy atom. The standard InChI is InChI=1S/C22H22F3N7O2/c1-15(33)28-16-5-4-6-17(13-16)29-20-26-14-27-21(30-20)32-11-9-31(10-12-32)18-7-2-3-8-19(18)34-22(23,24)25/h2-8,13-14H,9-12H2,1H3,(H,28,33)(H,26,27,29,30). The molecule has 4 rings (SSSR count). The number of hydrogen-bond donors (Lipinski definition) is 2. The number of nitrogens with one attached hydrogen (secondary N) is 2. The third kappa shape index (κ3) is 6.03. The van der Waals surface area contributed by atoms with Crippen molar-refractivity contribution in [3.8, 4) is 5.75 Å². The molecule has 0 saturated carbocycles. The van der Waals surface area contributed by atoms with Crippen LogP contribution in [0.1, 0.15) is 6.92 Å². The number of para-hydroxylation sites is 2. The van der Waals surface area contributed by atoms with Crippen LogP contribution in [-0.4, -0.2) is 53.4 Å². The second kappa shape index (κ2) is 9.81. The van der Waals surface area contributed by atoms with Gasteiger partial charge in [-0.25, -0.2) is 9.97 Å². The zero-order valence-electron chi connectivity index (χ0n) is 18.2. The number of alkyl halides is 3. The third-order valence-electron chi connectivity index (χ3n) is 4.99. The number of benzene rings is 2. The number of anilines is 5. The summed E-state index contributed by atoms with van der Waals surface area (Å²) in [6.07, 6.45) is -3.37. The Balaban J connectivity index is 1.41. The van der Waals surface area contributed by atoms with Crippen LogP contribution in [0, 0.1) is 0 Å². The van der Waals surface area contributed by atoms with Gasteiger partial charge in [0, 0.05) is 44.5 Å². The molecule has 0 aliphatic carbocycles. The second-order valence-corrected chi connectivity index (χ2v) is 7.49. The topological polar surface area (TPSA) is 95.5 Å². The van der Waals surface area contributed by atoms with Gasteiger partial charge in [0.25, 0.3) is 0 Å². The van der Waals surface area contributed by atoms with Gasteiger partial charge >= 0.3 is 6.36 Å². The van der Waals surface area contributed by atoms with Crippen LogP contribution >= 0.6 is 0 Å². The van der Waals surface area contributed by atoms with E-state index in [2.05, 4.69) is 30.3 Å². The zero-order chi connectivity index (χ0) is 24.1. The Bertz CT molecular complexity index is 1150. The summed E-state index contributed by atoms with van der Waals surface area (Å²) in [6, 6.07) is 13.2. The van der Waals surface area contributed by atoms with Crippen LogP contribution in [-0.2, 0) is 4.79 Å². The average Bonchev–Trinajstić information content (AvgIpc) is 2.79. The Morgan fingerprint density at radius 1 is 0.971 bits per heavy atom. The highest BCUT2D eigenvalue weighted by atomic mass is 19.4. The molecule has 12 heteroatoms. The van der Waals surface area contributed by atoms with Gasteiger partial charge in [0.2, 0.25) is 17.8 Å². The highest BCUT2D eigenvalue weighted by Gasteiger charge is 2.33. The molecule has 1 saturated heterocycles. The molecule has 2 aromatic carbocycles. The Labute approximate surface area is 193 Å². The van der Waals surface area contributed by atoms with Crippen LogP contribution in [0.3, 0.4) is 0 Å². The molecule has 0 spiro atoms. The average molecular weight is 473 g/mol. The summed E-state index contributed by atoms with van der Waals surface area (Å²) in [5.41, 5.74) is 1.71. The van der Waals surface area contributed by atoms with Gasteiger partial charge in [0.1, 0.15) is 6.33 Å². The minimum absolute atomic E-state index is 0.175. The fourth-order valence-corrected chi connectivity index (χ4v) is 3.58. The van der Waals surface area contributed by atoms with Gasteiger partial charge in [-0.3, -0.25) is 4.79 Å². The Morgan fingerprint density at radius 2 is 1.68 bits per heavy atom. The summed E-state index contributed by atoms with van der Waals surface area (Å²) in [4.78, 5) is 27.9. The van der Waals surface area contributed by atoms with Gasteiger partial charge in [-0.15, -0.1) is 13.2 Å². The molecule has 34 heavy (non-hydrogen) atoms. The summed E-state index contributed by atoms with van der Waals surface area (Å²) >= 11 is 0. The van der Waals surface area contributed by atoms with Gasteiger partial charge in [0.05, 0.1) is 5.69 Å². The molecule has 1 aliphatic heterocycles. The lowest BCUT2D eigenvalue weighted by Crippen LogP contribution is -2.47. The van der Waals surface area contributed by atoms with Crippen LogP contribution in [0.25, 0.3) is 0 Å². The number of hydrogen-bond acceptors (Lipinski definition) is 8. The third-order valence-corrected chi connectivity index (χ3v) is 4.99. The van der Waals surface area contributed by atoms with Crippen molar-refractivity contribution >= 4 is 34.9 Å². The highest BCUT2D eigenvalue weighted by molar-refractivity contribution is 5.89. The van der Waals surface area contributed by atoms with Gasteiger partial charge in [-0.2, -0.15) is 4.98 Å². The van der Waals surface area contributed by atoms with E-state index in [4.69, 9.17) is 0 Å². The first kappa shape index (κ1) is 23.1. The van der Waals surface area contributed by atoms with Crippen LogP contribution in [0.2, 0.25) is 0 Å². The highest BCUT2D eigenvalue weighted by Crippen LogP contribution is 2.33. The van der Waals surface area contributed by atoms with Crippen molar-refractivity contribution < 1.29 is 22.7 Å². The van der Waals surface area contributed by atoms with Crippen molar-refractivity contribution in [3.05, 3.63) is 54.9 Å². The molecular weight excluding hydrogens is 451 g/mol. The van der Waals surface area contributed by atoms with E-state index in [-0.39, 0.29) is 11.7 Å². The number of piperazine rings is 1. The number of rotatable bonds is 6. The minimum atomic E-state index is -4.76. The summed E-state index contributed by atoms with van der Waals surface area (Å²) in [5.74, 6) is 0.384. The predicted molar refractivity (Wildman–Crippen MR) is 121 cm³/mol. The first-order chi connectivity index (χ1) is 16.3. The number of aromatic nitrogens is 3. The zero-order valence-corrected chi connectivity index (χ0v) is 18.2. The molecule has 1 fully saturated rings. The van der Waals surface area contributed by atoms with E-state index < -0.39 is 6.36 Å². The molecule has 9 nitrogen and oxygen atoms in total. The molecule has 3 aromatic rings. The number of nitrogens with zero attached hydrogens (tertiary/aromatic N) is 5. The Kier molecular flexibility index (Phi) is 6.66. The predicted octanol–water partition coefficient (Wildman–Crippen LogP) is 3.80. The van der Waals surface area contributed by atoms with E-state index in [1.165, 1.54) is 25.4 Å². The molecule has 0 atom stereocenters. The molecule has 2 N–H and O–H groups in total. The molecule has 2 heterocycles. The van der Waals surface area contributed by atoms with E-state index in [0.717, 1.165) is 0 Å². The van der Waals surface area contributed by atoms with Crippen molar-refractivity contribution in [2.45, 2.75) is 13.3 Å². The van der Waals surface area contributed by atoms with Crippen molar-refractivity contribution in [3.63, 3.8) is 0 Å². The number of carbonyl (C=O) groups excluding carboxylic acids is 1. The summed E-state index contributed by atoms with van der Waals surface area (Å²) in [5, 5.41) is 5.80. The van der Waals surface area contributed by atoms with Crippen LogP contribution in [0.5, 0.6) is 5.75 Å². The minimum Gasteiger partial charge on any atom is -0.404 e. The first-order valence-electron chi connectivity index (χ1n) is 10.5. The monoisotopic (exact) mass is 473 g/mol. The smallest absolute Gasteiger partial charge is 0.404 e. The van der Waals surface area contributed by atoms with Crippen LogP contribution in [0.4, 0.5) is 42.1 Å². The first-order valence-corrected chi connectivity index (χ1v) is 10.5. The summed E-state index contributed by atoms with van der Waals surface area (Å²) in [7, 11) is 0. The number of carbonyl (C=O) groups is 1. The molecular formula is C22H22F3N7O2. The van der Waals surface area contributed by atoms with E-state index in [9.17, 15) is 18.0 Å². The van der Waals surface area contributed by atoms with Crippen molar-refractivity contribution in [2.24, 2.45) is 0 Å². The quantitative estimate of drug-likeness (QED) is 0.558. The lowest BCUT2D eigenvalue weighted by atomic mass is 10.2. The van der Waals surface area contributed by atoms with Crippen LogP contribution in [0.15, 0.2) is 54.9 Å². The fourth-order valence-electron chi connectivity index (χ4n) is 3.58. The maximum atomic E-state index is 12.7. The van der Waals surface area contributed by atoms with Crippen molar-refractivity contribution in [1.82, 2.24) is 15.0 Å². The maximum absolute atomic E-state index is 12.7. The maximum Gasteiger partial charge on any atom is 0.573 e. The van der Waals surface area contributed by atoms with Gasteiger partial charge < -0.3 is 25.2 Å². The number of ether oxygens (including phenoxy) is 1. The van der Waals surface area contributed by atoms with Crippen LogP contribution < -0.4 is 25.2 Å². The number of amides is 1. The lowest BCUT2D eigenvalue weighted by Gasteiger charge is -2.36. The molecule has 1 amide bonds. The summed E-state index contributed by atoms with van der Waals surface area (Å²) < 4.78 is 42.4. The lowest BCUT2D eigenvalue weighted by molar-refractivity contribution is -0.274. The van der Waals surface area contributed by atoms with E-state index >= 15 is 0 Å². The molecule has 0 radical (unpaired) electrons. The molecule has 178 valence electrons. The van der Waals surface area contributed by atoms with Crippen molar-refractivity contribution in [2.75, 3.05) is 46.6 Å². The second-order valence-electron chi connectivity index (χ2n) is 7.49. The summed E-state index contributed by atoms with van der Waals surface area (Å²) in [6.45, 7) is 3.36. The van der Waals surface area contributed by atoms with Gasteiger partial charge in [0.15, 0.2) is 5.75 Å². The van der Waals surface area contributed by atoms with Gasteiger partial charge in [-0.1, -0.05) is 18.2 Å². The largest absolute Gasteiger partial charge is 0.573 e. The molecule has 1 aliphatic rings. The normalized spacial score (nSPS) is 14.0. The molecule has 0 bridgehead atoms. The van der Waals surface area contributed by atoms with E-state index in [1.54, 1.807) is 30.3 Å². The molecule has 0 unspecified atom stereocenters. The number of halogens is 3. The molecule has 1 aromatic heterocycles. The van der Waals surface area contributed by atoms with E-state index in [0.29, 0.717) is 55.1 Å². The fraction of sp³-hybridized carbons (Fsp3) is 0.273. The van der Waals surface area contributed by atoms with Crippen molar-refractivity contribution in [1.29, 1.82) is 0 Å².